The van der Waals surface area contributed by atoms with Gasteiger partial charge in [0.25, 0.3) is 0 Å². The number of hydrogen-bond donors (Lipinski definition) is 1. The van der Waals surface area contributed by atoms with E-state index in [2.05, 4.69) is 36.3 Å². The van der Waals surface area contributed by atoms with E-state index >= 15 is 0 Å². The molecule has 0 atom stereocenters. The number of carbonyl (C=O) groups excluding carboxylic acids is 1. The average Bonchev–Trinajstić information content (AvgIpc) is 2.91. The summed E-state index contributed by atoms with van der Waals surface area (Å²) in [5.41, 5.74) is 3.51. The maximum absolute atomic E-state index is 11.9. The molecule has 1 amide bonds. The number of hydrogen-bond acceptors (Lipinski definition) is 2. The summed E-state index contributed by atoms with van der Waals surface area (Å²) in [6.45, 7) is 5.69. The molecule has 1 N–H and O–H groups in total. The number of aryl methyl sites for hydroxylation is 3. The van der Waals surface area contributed by atoms with Crippen LogP contribution in [-0.4, -0.2) is 22.0 Å². The zero-order valence-corrected chi connectivity index (χ0v) is 12.1. The molecule has 0 aliphatic carbocycles. The minimum Gasteiger partial charge on any atom is -0.356 e. The molecule has 0 bridgehead atoms. The van der Waals surface area contributed by atoms with Crippen molar-refractivity contribution in [3.8, 4) is 0 Å². The fourth-order valence-corrected chi connectivity index (χ4v) is 2.19. The zero-order chi connectivity index (χ0) is 14.4. The first-order valence-electron chi connectivity index (χ1n) is 6.94. The Labute approximate surface area is 119 Å². The second kappa shape index (κ2) is 6.89. The van der Waals surface area contributed by atoms with Crippen LogP contribution in [-0.2, 0) is 17.8 Å². The highest BCUT2D eigenvalue weighted by molar-refractivity contribution is 5.78. The minimum absolute atomic E-state index is 0.0857. The number of nitrogens with zero attached hydrogens (tertiary/aromatic N) is 2. The van der Waals surface area contributed by atoms with Crippen molar-refractivity contribution < 1.29 is 4.79 Å². The fourth-order valence-electron chi connectivity index (χ4n) is 2.19. The van der Waals surface area contributed by atoms with Crippen LogP contribution in [0.25, 0.3) is 0 Å². The topological polar surface area (TPSA) is 46.9 Å². The van der Waals surface area contributed by atoms with Gasteiger partial charge < -0.3 is 9.88 Å². The van der Waals surface area contributed by atoms with Crippen LogP contribution in [0.3, 0.4) is 0 Å². The Morgan fingerprint density at radius 1 is 1.35 bits per heavy atom. The summed E-state index contributed by atoms with van der Waals surface area (Å²) in [4.78, 5) is 15.9. The lowest BCUT2D eigenvalue weighted by Gasteiger charge is -2.08. The van der Waals surface area contributed by atoms with Gasteiger partial charge in [0.05, 0.1) is 12.7 Å². The van der Waals surface area contributed by atoms with Gasteiger partial charge in [-0.15, -0.1) is 0 Å². The smallest absolute Gasteiger partial charge is 0.224 e. The SMILES string of the molecule is Cc1ccc(CC(=O)NCCCn2ccnc2)c(C)c1. The standard InChI is InChI=1S/C16H21N3O/c1-13-4-5-15(14(2)10-13)11-16(20)18-6-3-8-19-9-7-17-12-19/h4-5,7,9-10,12H,3,6,8,11H2,1-2H3,(H,18,20). The van der Waals surface area contributed by atoms with E-state index in [1.165, 1.54) is 11.1 Å². The summed E-state index contributed by atoms with van der Waals surface area (Å²) in [6.07, 6.45) is 6.85. The highest BCUT2D eigenvalue weighted by Gasteiger charge is 2.05. The summed E-state index contributed by atoms with van der Waals surface area (Å²) in [6, 6.07) is 6.20. The van der Waals surface area contributed by atoms with Gasteiger partial charge >= 0.3 is 0 Å². The van der Waals surface area contributed by atoms with Crippen LogP contribution in [0.2, 0.25) is 0 Å². The highest BCUT2D eigenvalue weighted by Crippen LogP contribution is 2.10. The zero-order valence-electron chi connectivity index (χ0n) is 12.1. The first-order valence-corrected chi connectivity index (χ1v) is 6.94. The number of benzene rings is 1. The molecule has 0 spiro atoms. The Hall–Kier alpha value is -2.10. The number of rotatable bonds is 6. The molecule has 4 heteroatoms. The van der Waals surface area contributed by atoms with Crippen LogP contribution in [0.1, 0.15) is 23.1 Å². The molecule has 0 fully saturated rings. The Kier molecular flexibility index (Phi) is 4.93. The van der Waals surface area contributed by atoms with Crippen molar-refractivity contribution in [1.82, 2.24) is 14.9 Å². The molecule has 2 aromatic rings. The summed E-state index contributed by atoms with van der Waals surface area (Å²) in [7, 11) is 0. The van der Waals surface area contributed by atoms with E-state index in [0.717, 1.165) is 18.5 Å². The Morgan fingerprint density at radius 2 is 2.20 bits per heavy atom. The molecule has 0 aliphatic heterocycles. The quantitative estimate of drug-likeness (QED) is 0.819. The average molecular weight is 271 g/mol. The van der Waals surface area contributed by atoms with Crippen molar-refractivity contribution >= 4 is 5.91 Å². The van der Waals surface area contributed by atoms with E-state index in [1.807, 2.05) is 16.8 Å². The van der Waals surface area contributed by atoms with Crippen LogP contribution < -0.4 is 5.32 Å². The lowest BCUT2D eigenvalue weighted by atomic mass is 10.0. The molecule has 0 saturated heterocycles. The Balaban J connectivity index is 1.72. The number of amides is 1. The lowest BCUT2D eigenvalue weighted by molar-refractivity contribution is -0.120. The van der Waals surface area contributed by atoms with Gasteiger partial charge in [0.15, 0.2) is 0 Å². The van der Waals surface area contributed by atoms with E-state index in [1.54, 1.807) is 12.5 Å². The summed E-state index contributed by atoms with van der Waals surface area (Å²) in [5.74, 6) is 0.0857. The van der Waals surface area contributed by atoms with Gasteiger partial charge in [-0.25, -0.2) is 4.98 Å². The second-order valence-electron chi connectivity index (χ2n) is 5.11. The van der Waals surface area contributed by atoms with Gasteiger partial charge in [-0.05, 0) is 31.4 Å². The normalized spacial score (nSPS) is 10.5. The first kappa shape index (κ1) is 14.3. The Morgan fingerprint density at radius 3 is 2.90 bits per heavy atom. The van der Waals surface area contributed by atoms with Crippen LogP contribution in [0.15, 0.2) is 36.9 Å². The number of nitrogens with one attached hydrogen (secondary N) is 1. The number of aromatic nitrogens is 2. The maximum Gasteiger partial charge on any atom is 0.224 e. The van der Waals surface area contributed by atoms with E-state index in [-0.39, 0.29) is 5.91 Å². The van der Waals surface area contributed by atoms with Gasteiger partial charge in [-0.2, -0.15) is 0 Å². The third-order valence-electron chi connectivity index (χ3n) is 3.32. The summed E-state index contributed by atoms with van der Waals surface area (Å²) in [5, 5.41) is 2.96. The molecule has 0 radical (unpaired) electrons. The Bertz CT molecular complexity index is 561. The van der Waals surface area contributed by atoms with E-state index in [4.69, 9.17) is 0 Å². The number of imidazole rings is 1. The molecule has 0 saturated carbocycles. The van der Waals surface area contributed by atoms with Crippen LogP contribution in [0.4, 0.5) is 0 Å². The monoisotopic (exact) mass is 271 g/mol. The maximum atomic E-state index is 11.9. The molecule has 0 unspecified atom stereocenters. The third kappa shape index (κ3) is 4.23. The largest absolute Gasteiger partial charge is 0.356 e. The molecular formula is C16H21N3O. The van der Waals surface area contributed by atoms with Crippen molar-refractivity contribution in [1.29, 1.82) is 0 Å². The summed E-state index contributed by atoms with van der Waals surface area (Å²) >= 11 is 0. The lowest BCUT2D eigenvalue weighted by Crippen LogP contribution is -2.27. The first-order chi connectivity index (χ1) is 9.65. The van der Waals surface area contributed by atoms with E-state index in [9.17, 15) is 4.79 Å². The molecule has 1 aromatic carbocycles. The van der Waals surface area contributed by atoms with Crippen molar-refractivity contribution in [3.05, 3.63) is 53.6 Å². The van der Waals surface area contributed by atoms with Crippen LogP contribution >= 0.6 is 0 Å². The molecular weight excluding hydrogens is 250 g/mol. The molecule has 2 rings (SSSR count). The van der Waals surface area contributed by atoms with Gasteiger partial charge in [0.1, 0.15) is 0 Å². The fraction of sp³-hybridized carbons (Fsp3) is 0.375. The van der Waals surface area contributed by atoms with Crippen molar-refractivity contribution in [3.63, 3.8) is 0 Å². The van der Waals surface area contributed by atoms with Gasteiger partial charge in [0, 0.05) is 25.5 Å². The third-order valence-corrected chi connectivity index (χ3v) is 3.32. The predicted octanol–water partition coefficient (Wildman–Crippen LogP) is 2.25. The van der Waals surface area contributed by atoms with Crippen molar-refractivity contribution in [2.45, 2.75) is 33.2 Å². The molecule has 4 nitrogen and oxygen atoms in total. The predicted molar refractivity (Wildman–Crippen MR) is 79.5 cm³/mol. The van der Waals surface area contributed by atoms with Gasteiger partial charge in [-0.3, -0.25) is 4.79 Å². The molecule has 0 aliphatic rings. The van der Waals surface area contributed by atoms with Crippen molar-refractivity contribution in [2.24, 2.45) is 0 Å². The van der Waals surface area contributed by atoms with Crippen molar-refractivity contribution in [2.75, 3.05) is 6.54 Å². The molecule has 20 heavy (non-hydrogen) atoms. The van der Waals surface area contributed by atoms with Crippen LogP contribution in [0, 0.1) is 13.8 Å². The molecule has 1 heterocycles. The number of carbonyl (C=O) groups is 1. The molecule has 106 valence electrons. The van der Waals surface area contributed by atoms with Gasteiger partial charge in [0.2, 0.25) is 5.91 Å². The summed E-state index contributed by atoms with van der Waals surface area (Å²) < 4.78 is 2.01. The molecule has 1 aromatic heterocycles. The van der Waals surface area contributed by atoms with E-state index in [0.29, 0.717) is 13.0 Å². The second-order valence-corrected chi connectivity index (χ2v) is 5.11. The van der Waals surface area contributed by atoms with E-state index < -0.39 is 0 Å². The van der Waals surface area contributed by atoms with Gasteiger partial charge in [-0.1, -0.05) is 23.8 Å². The highest BCUT2D eigenvalue weighted by atomic mass is 16.1. The van der Waals surface area contributed by atoms with Crippen LogP contribution in [0.5, 0.6) is 0 Å². The minimum atomic E-state index is 0.0857.